The summed E-state index contributed by atoms with van der Waals surface area (Å²) in [5, 5.41) is 12.2. The minimum atomic E-state index is 0.567. The number of nitrogen functional groups attached to an aromatic ring is 1. The molecule has 90 valence electrons. The van der Waals surface area contributed by atoms with Crippen LogP contribution in [0.4, 0.5) is 5.69 Å². The summed E-state index contributed by atoms with van der Waals surface area (Å²) in [6.07, 6.45) is 2.12. The number of halogens is 1. The lowest BCUT2D eigenvalue weighted by Gasteiger charge is -2.05. The van der Waals surface area contributed by atoms with E-state index in [1.807, 2.05) is 6.07 Å². The van der Waals surface area contributed by atoms with E-state index in [0.717, 1.165) is 24.9 Å². The number of anilines is 1. The third-order valence-corrected chi connectivity index (χ3v) is 2.80. The molecule has 0 aliphatic heterocycles. The molecule has 2 rings (SSSR count). The van der Waals surface area contributed by atoms with Crippen molar-refractivity contribution >= 4 is 17.3 Å². The molecule has 5 nitrogen and oxygen atoms in total. The van der Waals surface area contributed by atoms with Crippen LogP contribution in [-0.2, 0) is 6.54 Å². The summed E-state index contributed by atoms with van der Waals surface area (Å²) in [5.74, 6) is 0.684. The molecular weight excluding hydrogens is 238 g/mol. The highest BCUT2D eigenvalue weighted by molar-refractivity contribution is 6.33. The van der Waals surface area contributed by atoms with Crippen molar-refractivity contribution in [1.29, 1.82) is 0 Å². The number of benzene rings is 1. The van der Waals surface area contributed by atoms with Crippen LogP contribution >= 0.6 is 11.6 Å². The van der Waals surface area contributed by atoms with Crippen molar-refractivity contribution in [2.24, 2.45) is 0 Å². The molecule has 0 unspecified atom stereocenters. The van der Waals surface area contributed by atoms with Crippen LogP contribution in [0, 0.1) is 0 Å². The molecule has 1 aromatic heterocycles. The third kappa shape index (κ3) is 2.55. The molecule has 6 heteroatoms. The van der Waals surface area contributed by atoms with E-state index in [2.05, 4.69) is 22.4 Å². The fraction of sp³-hybridized carbons (Fsp3) is 0.364. The van der Waals surface area contributed by atoms with Gasteiger partial charge in [-0.2, -0.15) is 0 Å². The molecule has 0 fully saturated rings. The average Bonchev–Trinajstić information content (AvgIpc) is 2.74. The summed E-state index contributed by atoms with van der Waals surface area (Å²) in [6.45, 7) is 2.92. The van der Waals surface area contributed by atoms with E-state index in [1.54, 1.807) is 16.8 Å². The molecular formula is C11H14ClN5. The predicted octanol–water partition coefficient (Wildman–Crippen LogP) is 2.38. The number of nitrogens with zero attached hydrogens (tertiary/aromatic N) is 4. The minimum absolute atomic E-state index is 0.567. The first kappa shape index (κ1) is 11.9. The van der Waals surface area contributed by atoms with Gasteiger partial charge in [-0.15, -0.1) is 5.10 Å². The van der Waals surface area contributed by atoms with E-state index in [4.69, 9.17) is 17.3 Å². The van der Waals surface area contributed by atoms with Gasteiger partial charge in [0, 0.05) is 17.8 Å². The summed E-state index contributed by atoms with van der Waals surface area (Å²) < 4.78 is 1.76. The number of rotatable bonds is 4. The monoisotopic (exact) mass is 251 g/mol. The first-order valence-electron chi connectivity index (χ1n) is 5.54. The number of unbranched alkanes of at least 4 members (excludes halogenated alkanes) is 1. The molecule has 17 heavy (non-hydrogen) atoms. The number of aryl methyl sites for hydroxylation is 1. The molecule has 0 saturated carbocycles. The summed E-state index contributed by atoms with van der Waals surface area (Å²) in [4.78, 5) is 0. The van der Waals surface area contributed by atoms with Crippen molar-refractivity contribution in [3.05, 3.63) is 23.2 Å². The number of hydrogen-bond donors (Lipinski definition) is 1. The first-order chi connectivity index (χ1) is 8.22. The fourth-order valence-corrected chi connectivity index (χ4v) is 1.84. The normalized spacial score (nSPS) is 10.7. The number of aromatic nitrogens is 4. The molecule has 2 aromatic rings. The van der Waals surface area contributed by atoms with Gasteiger partial charge in [0.1, 0.15) is 0 Å². The second-order valence-electron chi connectivity index (χ2n) is 3.82. The molecule has 0 amide bonds. The van der Waals surface area contributed by atoms with Crippen LogP contribution < -0.4 is 5.73 Å². The van der Waals surface area contributed by atoms with Gasteiger partial charge in [0.25, 0.3) is 0 Å². The second-order valence-corrected chi connectivity index (χ2v) is 4.23. The van der Waals surface area contributed by atoms with Gasteiger partial charge in [0.05, 0.1) is 5.02 Å². The quantitative estimate of drug-likeness (QED) is 0.847. The topological polar surface area (TPSA) is 69.6 Å². The minimum Gasteiger partial charge on any atom is -0.399 e. The Morgan fingerprint density at radius 2 is 2.24 bits per heavy atom. The van der Waals surface area contributed by atoms with Crippen LogP contribution in [0.2, 0.25) is 5.02 Å². The first-order valence-corrected chi connectivity index (χ1v) is 5.91. The van der Waals surface area contributed by atoms with E-state index in [0.29, 0.717) is 16.5 Å². The van der Waals surface area contributed by atoms with E-state index in [1.165, 1.54) is 0 Å². The Kier molecular flexibility index (Phi) is 3.58. The summed E-state index contributed by atoms with van der Waals surface area (Å²) in [6, 6.07) is 5.33. The summed E-state index contributed by atoms with van der Waals surface area (Å²) >= 11 is 6.14. The van der Waals surface area contributed by atoms with Crippen molar-refractivity contribution in [1.82, 2.24) is 20.2 Å². The van der Waals surface area contributed by atoms with Crippen molar-refractivity contribution < 1.29 is 0 Å². The van der Waals surface area contributed by atoms with Crippen molar-refractivity contribution in [2.75, 3.05) is 5.73 Å². The van der Waals surface area contributed by atoms with Crippen LogP contribution in [0.1, 0.15) is 19.8 Å². The standard InChI is InChI=1S/C11H14ClN5/c1-2-3-6-17-11(14-15-16-17)9-5-4-8(13)7-10(9)12/h4-5,7H,2-3,6,13H2,1H3. The molecule has 0 aliphatic rings. The molecule has 0 atom stereocenters. The lowest BCUT2D eigenvalue weighted by molar-refractivity contribution is 0.557. The van der Waals surface area contributed by atoms with Crippen molar-refractivity contribution in [3.8, 4) is 11.4 Å². The van der Waals surface area contributed by atoms with Gasteiger partial charge in [0.15, 0.2) is 5.82 Å². The van der Waals surface area contributed by atoms with Crippen LogP contribution in [0.5, 0.6) is 0 Å². The third-order valence-electron chi connectivity index (χ3n) is 2.49. The van der Waals surface area contributed by atoms with Crippen LogP contribution in [0.3, 0.4) is 0 Å². The lowest BCUT2D eigenvalue weighted by Crippen LogP contribution is -2.03. The number of hydrogen-bond acceptors (Lipinski definition) is 4. The van der Waals surface area contributed by atoms with Gasteiger partial charge < -0.3 is 5.73 Å². The maximum absolute atomic E-state index is 6.14. The molecule has 0 radical (unpaired) electrons. The highest BCUT2D eigenvalue weighted by Crippen LogP contribution is 2.27. The molecule has 0 saturated heterocycles. The maximum Gasteiger partial charge on any atom is 0.183 e. The molecule has 2 N–H and O–H groups in total. The SMILES string of the molecule is CCCCn1nnnc1-c1ccc(N)cc1Cl. The van der Waals surface area contributed by atoms with Crippen molar-refractivity contribution in [3.63, 3.8) is 0 Å². The molecule has 1 heterocycles. The maximum atomic E-state index is 6.14. The van der Waals surface area contributed by atoms with Gasteiger partial charge in [-0.1, -0.05) is 24.9 Å². The van der Waals surface area contributed by atoms with Gasteiger partial charge >= 0.3 is 0 Å². The molecule has 0 spiro atoms. The van der Waals surface area contributed by atoms with E-state index in [-0.39, 0.29) is 0 Å². The Labute approximate surface area is 105 Å². The van der Waals surface area contributed by atoms with Crippen molar-refractivity contribution in [2.45, 2.75) is 26.3 Å². The van der Waals surface area contributed by atoms with E-state index < -0.39 is 0 Å². The number of nitrogens with two attached hydrogens (primary N) is 1. The molecule has 0 bridgehead atoms. The highest BCUT2D eigenvalue weighted by atomic mass is 35.5. The molecule has 0 aliphatic carbocycles. The van der Waals surface area contributed by atoms with Crippen LogP contribution in [0.15, 0.2) is 18.2 Å². The smallest absolute Gasteiger partial charge is 0.183 e. The zero-order chi connectivity index (χ0) is 12.3. The van der Waals surface area contributed by atoms with E-state index in [9.17, 15) is 0 Å². The average molecular weight is 252 g/mol. The van der Waals surface area contributed by atoms with Gasteiger partial charge in [-0.05, 0) is 35.0 Å². The largest absolute Gasteiger partial charge is 0.399 e. The Balaban J connectivity index is 2.35. The summed E-state index contributed by atoms with van der Waals surface area (Å²) in [5.41, 5.74) is 7.09. The summed E-state index contributed by atoms with van der Waals surface area (Å²) in [7, 11) is 0. The Morgan fingerprint density at radius 1 is 1.41 bits per heavy atom. The Morgan fingerprint density at radius 3 is 2.94 bits per heavy atom. The van der Waals surface area contributed by atoms with Gasteiger partial charge in [-0.3, -0.25) is 0 Å². The van der Waals surface area contributed by atoms with Gasteiger partial charge in [0.2, 0.25) is 0 Å². The van der Waals surface area contributed by atoms with Crippen LogP contribution in [-0.4, -0.2) is 20.2 Å². The van der Waals surface area contributed by atoms with E-state index >= 15 is 0 Å². The van der Waals surface area contributed by atoms with Gasteiger partial charge in [-0.25, -0.2) is 4.68 Å². The zero-order valence-electron chi connectivity index (χ0n) is 9.60. The highest BCUT2D eigenvalue weighted by Gasteiger charge is 2.11. The lowest BCUT2D eigenvalue weighted by atomic mass is 10.2. The predicted molar refractivity (Wildman–Crippen MR) is 67.6 cm³/mol. The number of tetrazole rings is 1. The van der Waals surface area contributed by atoms with Crippen LogP contribution in [0.25, 0.3) is 11.4 Å². The Bertz CT molecular complexity index is 508. The zero-order valence-corrected chi connectivity index (χ0v) is 10.4. The Hall–Kier alpha value is -1.62. The molecule has 1 aromatic carbocycles. The fourth-order valence-electron chi connectivity index (χ4n) is 1.57. The second kappa shape index (κ2) is 5.14.